The first-order chi connectivity index (χ1) is 9.31. The number of nitrogens with zero attached hydrogens (tertiary/aromatic N) is 2. The van der Waals surface area contributed by atoms with E-state index in [-0.39, 0.29) is 11.1 Å². The van der Waals surface area contributed by atoms with Gasteiger partial charge in [0.05, 0.1) is 22.1 Å². The van der Waals surface area contributed by atoms with Gasteiger partial charge in [-0.1, -0.05) is 11.6 Å². The van der Waals surface area contributed by atoms with Crippen molar-refractivity contribution in [1.29, 1.82) is 0 Å². The van der Waals surface area contributed by atoms with Crippen LogP contribution in [0, 0.1) is 12.7 Å². The van der Waals surface area contributed by atoms with Crippen LogP contribution < -0.4 is 11.1 Å². The number of rotatable bonds is 3. The Bertz CT molecular complexity index is 631. The van der Waals surface area contributed by atoms with Crippen LogP contribution in [0.5, 0.6) is 0 Å². The van der Waals surface area contributed by atoms with Gasteiger partial charge in [-0.05, 0) is 48.8 Å². The molecule has 0 aliphatic heterocycles. The molecule has 2 rings (SSSR count). The molecule has 0 bridgehead atoms. The molecule has 0 unspecified atom stereocenters. The first kappa shape index (κ1) is 15.1. The van der Waals surface area contributed by atoms with Crippen LogP contribution >= 0.6 is 27.5 Å². The fourth-order valence-electron chi connectivity index (χ4n) is 1.84. The zero-order valence-corrected chi connectivity index (χ0v) is 13.7. The minimum Gasteiger partial charge on any atom is -0.394 e. The highest BCUT2D eigenvalue weighted by molar-refractivity contribution is 9.10. The Labute approximate surface area is 130 Å². The van der Waals surface area contributed by atoms with Crippen molar-refractivity contribution in [3.05, 3.63) is 33.1 Å². The van der Waals surface area contributed by atoms with E-state index < -0.39 is 5.82 Å². The van der Waals surface area contributed by atoms with Crippen LogP contribution in [0.15, 0.2) is 16.6 Å². The van der Waals surface area contributed by atoms with Gasteiger partial charge in [-0.15, -0.1) is 0 Å². The van der Waals surface area contributed by atoms with Crippen LogP contribution in [-0.2, 0) is 0 Å². The lowest BCUT2D eigenvalue weighted by Gasteiger charge is -2.15. The number of aromatic nitrogens is 2. The summed E-state index contributed by atoms with van der Waals surface area (Å²) in [4.78, 5) is 0. The number of halogens is 3. The third kappa shape index (κ3) is 2.76. The molecule has 0 spiro atoms. The largest absolute Gasteiger partial charge is 0.394 e. The third-order valence-corrected chi connectivity index (χ3v) is 3.79. The Kier molecular flexibility index (Phi) is 4.25. The van der Waals surface area contributed by atoms with Crippen LogP contribution in [0.25, 0.3) is 0 Å². The normalized spacial score (nSPS) is 11.2. The molecule has 1 heterocycles. The topological polar surface area (TPSA) is 55.9 Å². The van der Waals surface area contributed by atoms with Gasteiger partial charge < -0.3 is 11.1 Å². The Morgan fingerprint density at radius 2 is 2.10 bits per heavy atom. The van der Waals surface area contributed by atoms with E-state index in [0.29, 0.717) is 21.7 Å². The number of hydrogen-bond donors (Lipinski definition) is 2. The van der Waals surface area contributed by atoms with Crippen molar-refractivity contribution in [2.75, 3.05) is 11.1 Å². The summed E-state index contributed by atoms with van der Waals surface area (Å²) in [5.74, 6) is 0.237. The van der Waals surface area contributed by atoms with Gasteiger partial charge in [-0.3, -0.25) is 0 Å². The number of nitrogens with two attached hydrogens (primary N) is 1. The maximum absolute atomic E-state index is 13.3. The molecule has 1 aromatic carbocycles. The summed E-state index contributed by atoms with van der Waals surface area (Å²) < 4.78 is 15.6. The molecule has 3 N–H and O–H groups in total. The van der Waals surface area contributed by atoms with E-state index >= 15 is 0 Å². The molecular weight excluding hydrogens is 347 g/mol. The number of anilines is 3. The lowest BCUT2D eigenvalue weighted by atomic mass is 10.3. The monoisotopic (exact) mass is 360 g/mol. The fraction of sp³-hybridized carbons (Fsp3) is 0.308. The Balaban J connectivity index is 2.50. The van der Waals surface area contributed by atoms with Gasteiger partial charge >= 0.3 is 0 Å². The zero-order valence-electron chi connectivity index (χ0n) is 11.3. The molecule has 108 valence electrons. The smallest absolute Gasteiger partial charge is 0.152 e. The molecule has 0 aliphatic rings. The van der Waals surface area contributed by atoms with Crippen molar-refractivity contribution >= 4 is 44.7 Å². The summed E-state index contributed by atoms with van der Waals surface area (Å²) in [6, 6.07) is 2.72. The molecular formula is C13H15BrClFN4. The summed E-state index contributed by atoms with van der Waals surface area (Å²) in [6.07, 6.45) is 0. The van der Waals surface area contributed by atoms with E-state index in [2.05, 4.69) is 26.3 Å². The van der Waals surface area contributed by atoms with E-state index in [0.717, 1.165) is 5.69 Å². The summed E-state index contributed by atoms with van der Waals surface area (Å²) >= 11 is 9.36. The Hall–Kier alpha value is -1.27. The predicted octanol–water partition coefficient (Wildman–Crippen LogP) is 4.65. The highest BCUT2D eigenvalue weighted by atomic mass is 79.9. The van der Waals surface area contributed by atoms with Crippen molar-refractivity contribution in [2.24, 2.45) is 0 Å². The summed E-state index contributed by atoms with van der Waals surface area (Å²) in [6.45, 7) is 5.83. The third-order valence-electron chi connectivity index (χ3n) is 2.87. The van der Waals surface area contributed by atoms with Crippen molar-refractivity contribution in [3.8, 4) is 0 Å². The lowest BCUT2D eigenvalue weighted by molar-refractivity contribution is 0.536. The minimum absolute atomic E-state index is 0.131. The van der Waals surface area contributed by atoms with Crippen molar-refractivity contribution in [2.45, 2.75) is 26.8 Å². The second-order valence-corrected chi connectivity index (χ2v) is 6.02. The Morgan fingerprint density at radius 3 is 2.65 bits per heavy atom. The molecule has 0 radical (unpaired) electrons. The predicted molar refractivity (Wildman–Crippen MR) is 84.2 cm³/mol. The number of nitrogen functional groups attached to an aromatic ring is 1. The van der Waals surface area contributed by atoms with E-state index in [1.807, 2.05) is 20.8 Å². The number of hydrogen-bond acceptors (Lipinski definition) is 3. The molecule has 2 aromatic rings. The second-order valence-electron chi connectivity index (χ2n) is 4.76. The van der Waals surface area contributed by atoms with Gasteiger partial charge in [-0.2, -0.15) is 5.10 Å². The molecule has 4 nitrogen and oxygen atoms in total. The van der Waals surface area contributed by atoms with Gasteiger partial charge in [0.1, 0.15) is 5.82 Å². The number of aryl methyl sites for hydroxylation is 1. The Morgan fingerprint density at radius 1 is 1.45 bits per heavy atom. The van der Waals surface area contributed by atoms with Gasteiger partial charge in [0, 0.05) is 10.5 Å². The standard InChI is InChI=1S/C13H15BrClFN4/c1-6(2)20-13(11(17)7(3)19-20)18-12-9(14)4-8(16)5-10(12)15/h4-6,18H,17H2,1-3H3. The van der Waals surface area contributed by atoms with E-state index in [1.165, 1.54) is 12.1 Å². The van der Waals surface area contributed by atoms with Crippen molar-refractivity contribution < 1.29 is 4.39 Å². The van der Waals surface area contributed by atoms with Crippen molar-refractivity contribution in [1.82, 2.24) is 9.78 Å². The molecule has 0 saturated heterocycles. The van der Waals surface area contributed by atoms with Crippen LogP contribution in [0.3, 0.4) is 0 Å². The van der Waals surface area contributed by atoms with Gasteiger partial charge in [0.2, 0.25) is 0 Å². The quantitative estimate of drug-likeness (QED) is 0.836. The first-order valence-corrected chi connectivity index (χ1v) is 7.24. The molecule has 0 fully saturated rings. The van der Waals surface area contributed by atoms with Gasteiger partial charge in [-0.25, -0.2) is 9.07 Å². The number of benzene rings is 1. The van der Waals surface area contributed by atoms with Crippen LogP contribution in [0.2, 0.25) is 5.02 Å². The molecule has 0 aliphatic carbocycles. The molecule has 0 saturated carbocycles. The number of nitrogens with one attached hydrogen (secondary N) is 1. The molecule has 0 atom stereocenters. The van der Waals surface area contributed by atoms with E-state index in [9.17, 15) is 4.39 Å². The van der Waals surface area contributed by atoms with Crippen LogP contribution in [0.4, 0.5) is 21.6 Å². The average Bonchev–Trinajstić information content (AvgIpc) is 2.61. The van der Waals surface area contributed by atoms with E-state index in [4.69, 9.17) is 17.3 Å². The highest BCUT2D eigenvalue weighted by Gasteiger charge is 2.17. The van der Waals surface area contributed by atoms with E-state index in [1.54, 1.807) is 4.68 Å². The molecule has 7 heteroatoms. The SMILES string of the molecule is Cc1nn(C(C)C)c(Nc2c(Cl)cc(F)cc2Br)c1N. The molecule has 20 heavy (non-hydrogen) atoms. The maximum Gasteiger partial charge on any atom is 0.152 e. The summed E-state index contributed by atoms with van der Waals surface area (Å²) in [5.41, 5.74) is 7.88. The first-order valence-electron chi connectivity index (χ1n) is 6.07. The highest BCUT2D eigenvalue weighted by Crippen LogP contribution is 2.37. The summed E-state index contributed by atoms with van der Waals surface area (Å²) in [5, 5.41) is 7.79. The molecule has 0 amide bonds. The van der Waals surface area contributed by atoms with Gasteiger partial charge in [0.25, 0.3) is 0 Å². The minimum atomic E-state index is -0.408. The second kappa shape index (κ2) is 5.61. The zero-order chi connectivity index (χ0) is 15.0. The lowest BCUT2D eigenvalue weighted by Crippen LogP contribution is -2.08. The average molecular weight is 362 g/mol. The molecule has 1 aromatic heterocycles. The maximum atomic E-state index is 13.3. The van der Waals surface area contributed by atoms with Gasteiger partial charge in [0.15, 0.2) is 5.82 Å². The van der Waals surface area contributed by atoms with Crippen LogP contribution in [-0.4, -0.2) is 9.78 Å². The van der Waals surface area contributed by atoms with Crippen molar-refractivity contribution in [3.63, 3.8) is 0 Å². The fourth-order valence-corrected chi connectivity index (χ4v) is 2.74. The summed E-state index contributed by atoms with van der Waals surface area (Å²) in [7, 11) is 0. The van der Waals surface area contributed by atoms with Crippen LogP contribution in [0.1, 0.15) is 25.6 Å².